The monoisotopic (exact) mass is 535 g/mol. The van der Waals surface area contributed by atoms with Crippen LogP contribution in [0.4, 0.5) is 18.9 Å². The molecule has 0 aromatic heterocycles. The Morgan fingerprint density at radius 1 is 0.872 bits per heavy atom. The largest absolute Gasteiger partial charge is 0.450 e. The molecule has 39 heavy (non-hydrogen) atoms. The van der Waals surface area contributed by atoms with Gasteiger partial charge < -0.3 is 9.84 Å². The molecule has 4 rings (SSSR count). The van der Waals surface area contributed by atoms with Crippen molar-refractivity contribution < 1.29 is 32.7 Å². The number of alkyl halides is 3. The van der Waals surface area contributed by atoms with E-state index >= 15 is 0 Å². The summed E-state index contributed by atoms with van der Waals surface area (Å²) < 4.78 is 44.1. The average Bonchev–Trinajstić information content (AvgIpc) is 2.94. The summed E-state index contributed by atoms with van der Waals surface area (Å²) in [4.78, 5) is 23.4. The van der Waals surface area contributed by atoms with Crippen LogP contribution in [0.25, 0.3) is 0 Å². The van der Waals surface area contributed by atoms with E-state index in [4.69, 9.17) is 4.74 Å². The number of carbonyl (C=O) groups excluding carboxylic acids is 1. The van der Waals surface area contributed by atoms with Gasteiger partial charge in [-0.15, -0.1) is 0 Å². The summed E-state index contributed by atoms with van der Waals surface area (Å²) in [5.74, 6) is -1.02. The van der Waals surface area contributed by atoms with Gasteiger partial charge in [0, 0.05) is 6.07 Å². The van der Waals surface area contributed by atoms with E-state index in [0.29, 0.717) is 28.8 Å². The third-order valence-electron chi connectivity index (χ3n) is 5.68. The number of amides is 1. The first-order valence-electron chi connectivity index (χ1n) is 11.4. The highest BCUT2D eigenvalue weighted by Gasteiger charge is 2.40. The van der Waals surface area contributed by atoms with E-state index in [2.05, 4.69) is 10.5 Å². The van der Waals surface area contributed by atoms with Crippen LogP contribution in [0.1, 0.15) is 22.3 Å². The van der Waals surface area contributed by atoms with Crippen LogP contribution in [0.3, 0.4) is 0 Å². The maximum Gasteiger partial charge on any atom is 0.416 e. The molecule has 0 aliphatic rings. The van der Waals surface area contributed by atoms with Crippen molar-refractivity contribution in [1.82, 2.24) is 5.43 Å². The molecule has 0 fully saturated rings. The van der Waals surface area contributed by atoms with Gasteiger partial charge in [0.15, 0.2) is 5.60 Å². The van der Waals surface area contributed by atoms with Gasteiger partial charge >= 0.3 is 11.9 Å². The van der Waals surface area contributed by atoms with E-state index in [9.17, 15) is 33.2 Å². The molecule has 0 atom stereocenters. The lowest BCUT2D eigenvalue weighted by Gasteiger charge is -2.27. The standard InChI is InChI=1S/C28H20F3N3O5/c29-28(30,31)22-13-16-25(24(17-22)34(37)38)39-23-14-11-19(12-15-23)18-32-33-26(35)27(36,20-7-3-1-4-8-20)21-9-5-2-6-10-21/h1-18,36H,(H,33,35)/b32-18-. The summed E-state index contributed by atoms with van der Waals surface area (Å²) in [6, 6.07) is 24.7. The Hall–Kier alpha value is -5.03. The summed E-state index contributed by atoms with van der Waals surface area (Å²) in [6.45, 7) is 0. The smallest absolute Gasteiger partial charge is 0.416 e. The van der Waals surface area contributed by atoms with Crippen LogP contribution in [-0.2, 0) is 16.6 Å². The number of nitro groups is 1. The van der Waals surface area contributed by atoms with E-state index in [1.807, 2.05) is 0 Å². The van der Waals surface area contributed by atoms with Crippen LogP contribution in [0.15, 0.2) is 108 Å². The topological polar surface area (TPSA) is 114 Å². The predicted octanol–water partition coefficient (Wildman–Crippen LogP) is 5.79. The van der Waals surface area contributed by atoms with Crippen molar-refractivity contribution in [2.24, 2.45) is 5.10 Å². The minimum absolute atomic E-state index is 0.126. The number of hydrazone groups is 1. The van der Waals surface area contributed by atoms with Crippen LogP contribution in [0, 0.1) is 10.1 Å². The number of nitrogens with zero attached hydrogens (tertiary/aromatic N) is 2. The van der Waals surface area contributed by atoms with Crippen molar-refractivity contribution in [2.45, 2.75) is 11.8 Å². The van der Waals surface area contributed by atoms with Crippen LogP contribution in [-0.4, -0.2) is 22.2 Å². The zero-order chi connectivity index (χ0) is 28.0. The molecule has 0 bridgehead atoms. The highest BCUT2D eigenvalue weighted by atomic mass is 19.4. The lowest BCUT2D eigenvalue weighted by molar-refractivity contribution is -0.385. The molecule has 198 valence electrons. The van der Waals surface area contributed by atoms with Gasteiger partial charge in [0.25, 0.3) is 5.91 Å². The van der Waals surface area contributed by atoms with Gasteiger partial charge in [-0.3, -0.25) is 14.9 Å². The zero-order valence-electron chi connectivity index (χ0n) is 20.0. The first-order valence-corrected chi connectivity index (χ1v) is 11.4. The molecule has 0 saturated heterocycles. The number of nitrogens with one attached hydrogen (secondary N) is 1. The summed E-state index contributed by atoms with van der Waals surface area (Å²) in [7, 11) is 0. The van der Waals surface area contributed by atoms with E-state index in [0.717, 1.165) is 6.07 Å². The second kappa shape index (κ2) is 11.2. The highest BCUT2D eigenvalue weighted by Crippen LogP contribution is 2.38. The van der Waals surface area contributed by atoms with E-state index in [1.54, 1.807) is 60.7 Å². The molecule has 0 aliphatic heterocycles. The molecule has 0 spiro atoms. The van der Waals surface area contributed by atoms with Crippen LogP contribution in [0.2, 0.25) is 0 Å². The van der Waals surface area contributed by atoms with Gasteiger partial charge in [-0.1, -0.05) is 60.7 Å². The first-order chi connectivity index (χ1) is 18.6. The van der Waals surface area contributed by atoms with Crippen molar-refractivity contribution in [3.8, 4) is 11.5 Å². The molecule has 1 amide bonds. The number of halogens is 3. The van der Waals surface area contributed by atoms with Gasteiger partial charge in [0.2, 0.25) is 5.75 Å². The second-order valence-electron chi connectivity index (χ2n) is 8.25. The molecule has 4 aromatic carbocycles. The van der Waals surface area contributed by atoms with E-state index in [1.165, 1.54) is 30.5 Å². The first kappa shape index (κ1) is 27.0. The maximum absolute atomic E-state index is 13.1. The van der Waals surface area contributed by atoms with Gasteiger partial charge in [0.05, 0.1) is 16.7 Å². The summed E-state index contributed by atoms with van der Waals surface area (Å²) >= 11 is 0. The van der Waals surface area contributed by atoms with Gasteiger partial charge in [-0.05, 0) is 53.1 Å². The molecule has 0 unspecified atom stereocenters. The minimum Gasteiger partial charge on any atom is -0.450 e. The number of rotatable bonds is 8. The fourth-order valence-corrected chi connectivity index (χ4v) is 3.71. The fraction of sp³-hybridized carbons (Fsp3) is 0.0714. The van der Waals surface area contributed by atoms with Crippen molar-refractivity contribution in [3.63, 3.8) is 0 Å². The third kappa shape index (κ3) is 6.11. The number of hydrogen-bond donors (Lipinski definition) is 2. The SMILES string of the molecule is O=C(N/N=C\c1ccc(Oc2ccc(C(F)(F)F)cc2[N+](=O)[O-])cc1)C(O)(c1ccccc1)c1ccccc1. The van der Waals surface area contributed by atoms with Crippen molar-refractivity contribution >= 4 is 17.8 Å². The Balaban J connectivity index is 1.48. The quantitative estimate of drug-likeness (QED) is 0.168. The molecule has 0 saturated carbocycles. The summed E-state index contributed by atoms with van der Waals surface area (Å²) in [6.07, 6.45) is -3.43. The Labute approximate surface area is 220 Å². The van der Waals surface area contributed by atoms with Crippen LogP contribution < -0.4 is 10.2 Å². The number of ether oxygens (including phenoxy) is 1. The summed E-state index contributed by atoms with van der Waals surface area (Å²) in [5, 5.41) is 26.6. The average molecular weight is 535 g/mol. The number of nitro benzene ring substituents is 1. The molecule has 0 radical (unpaired) electrons. The fourth-order valence-electron chi connectivity index (χ4n) is 3.71. The molecule has 2 N–H and O–H groups in total. The maximum atomic E-state index is 13.1. The van der Waals surface area contributed by atoms with Crippen molar-refractivity contribution in [1.29, 1.82) is 0 Å². The highest BCUT2D eigenvalue weighted by molar-refractivity contribution is 5.91. The molecule has 0 heterocycles. The van der Waals surface area contributed by atoms with Gasteiger partial charge in [-0.25, -0.2) is 5.43 Å². The lowest BCUT2D eigenvalue weighted by Crippen LogP contribution is -2.43. The predicted molar refractivity (Wildman–Crippen MR) is 136 cm³/mol. The zero-order valence-corrected chi connectivity index (χ0v) is 20.0. The number of hydrogen-bond acceptors (Lipinski definition) is 6. The second-order valence-corrected chi connectivity index (χ2v) is 8.25. The Morgan fingerprint density at radius 3 is 1.95 bits per heavy atom. The molecule has 4 aromatic rings. The normalized spacial score (nSPS) is 11.8. The summed E-state index contributed by atoms with van der Waals surface area (Å²) in [5.41, 5.74) is -0.467. The van der Waals surface area contributed by atoms with Gasteiger partial charge in [-0.2, -0.15) is 18.3 Å². The molecule has 11 heteroatoms. The number of aliphatic hydroxyl groups is 1. The van der Waals surface area contributed by atoms with E-state index in [-0.39, 0.29) is 11.5 Å². The van der Waals surface area contributed by atoms with Gasteiger partial charge in [0.1, 0.15) is 5.75 Å². The number of carbonyl (C=O) groups is 1. The number of benzene rings is 4. The van der Waals surface area contributed by atoms with E-state index < -0.39 is 33.9 Å². The third-order valence-corrected chi connectivity index (χ3v) is 5.68. The molecular weight excluding hydrogens is 515 g/mol. The Morgan fingerprint density at radius 2 is 1.44 bits per heavy atom. The minimum atomic E-state index is -4.74. The Bertz CT molecular complexity index is 1450. The molecular formula is C28H20F3N3O5. The lowest BCUT2D eigenvalue weighted by atomic mass is 9.85. The molecule has 8 nitrogen and oxygen atoms in total. The van der Waals surface area contributed by atoms with Crippen LogP contribution in [0.5, 0.6) is 11.5 Å². The Kier molecular flexibility index (Phi) is 7.73. The molecule has 0 aliphatic carbocycles. The van der Waals surface area contributed by atoms with Crippen molar-refractivity contribution in [3.05, 3.63) is 135 Å². The van der Waals surface area contributed by atoms with Crippen LogP contribution >= 0.6 is 0 Å². The van der Waals surface area contributed by atoms with Crippen molar-refractivity contribution in [2.75, 3.05) is 0 Å².